The predicted octanol–water partition coefficient (Wildman–Crippen LogP) is 1.22. The summed E-state index contributed by atoms with van der Waals surface area (Å²) in [5.74, 6) is 0.593. The molecule has 0 aliphatic rings. The molecule has 2 N–H and O–H groups in total. The first-order valence-electron chi connectivity index (χ1n) is 5.41. The standard InChI is InChI=1S/C11H14BrN5O/c1-17-10(11(12)15-16-17)8(13)5-7-3-4-9(18-2)14-6-7/h3-4,6,8H,5,13H2,1-2H3. The molecule has 0 aliphatic carbocycles. The molecular weight excluding hydrogens is 298 g/mol. The van der Waals surface area contributed by atoms with E-state index in [0.717, 1.165) is 11.3 Å². The number of hydrogen-bond donors (Lipinski definition) is 1. The maximum Gasteiger partial charge on any atom is 0.212 e. The van der Waals surface area contributed by atoms with E-state index in [1.165, 1.54) is 0 Å². The maximum atomic E-state index is 6.15. The minimum Gasteiger partial charge on any atom is -0.481 e. The highest BCUT2D eigenvalue weighted by Crippen LogP contribution is 2.22. The molecule has 1 unspecified atom stereocenters. The van der Waals surface area contributed by atoms with Gasteiger partial charge >= 0.3 is 0 Å². The Labute approximate surface area is 113 Å². The Hall–Kier alpha value is -1.47. The summed E-state index contributed by atoms with van der Waals surface area (Å²) in [6.45, 7) is 0. The van der Waals surface area contributed by atoms with Crippen molar-refractivity contribution in [2.75, 3.05) is 7.11 Å². The molecule has 0 amide bonds. The number of nitrogens with two attached hydrogens (primary N) is 1. The van der Waals surface area contributed by atoms with E-state index in [0.29, 0.717) is 16.9 Å². The van der Waals surface area contributed by atoms with Crippen LogP contribution in [0.5, 0.6) is 5.88 Å². The molecule has 2 rings (SSSR count). The third-order valence-corrected chi connectivity index (χ3v) is 3.21. The molecule has 0 fully saturated rings. The largest absolute Gasteiger partial charge is 0.481 e. The van der Waals surface area contributed by atoms with E-state index in [2.05, 4.69) is 31.2 Å². The van der Waals surface area contributed by atoms with E-state index < -0.39 is 0 Å². The van der Waals surface area contributed by atoms with Gasteiger partial charge in [-0.2, -0.15) is 0 Å². The van der Waals surface area contributed by atoms with Gasteiger partial charge in [-0.05, 0) is 27.9 Å². The van der Waals surface area contributed by atoms with Crippen molar-refractivity contribution in [3.8, 4) is 5.88 Å². The summed E-state index contributed by atoms with van der Waals surface area (Å²) in [6.07, 6.45) is 2.42. The van der Waals surface area contributed by atoms with Crippen molar-refractivity contribution in [3.05, 3.63) is 34.2 Å². The zero-order valence-electron chi connectivity index (χ0n) is 10.2. The summed E-state index contributed by atoms with van der Waals surface area (Å²) in [4.78, 5) is 4.15. The van der Waals surface area contributed by atoms with Crippen LogP contribution in [-0.4, -0.2) is 27.1 Å². The topological polar surface area (TPSA) is 78.9 Å². The minimum absolute atomic E-state index is 0.186. The van der Waals surface area contributed by atoms with E-state index in [4.69, 9.17) is 10.5 Å². The monoisotopic (exact) mass is 311 g/mol. The van der Waals surface area contributed by atoms with Gasteiger partial charge in [0.2, 0.25) is 5.88 Å². The van der Waals surface area contributed by atoms with Crippen molar-refractivity contribution in [1.29, 1.82) is 0 Å². The van der Waals surface area contributed by atoms with E-state index in [1.54, 1.807) is 18.0 Å². The third-order valence-electron chi connectivity index (χ3n) is 2.64. The molecule has 1 atom stereocenters. The number of aromatic nitrogens is 4. The smallest absolute Gasteiger partial charge is 0.212 e. The van der Waals surface area contributed by atoms with Gasteiger partial charge < -0.3 is 10.5 Å². The molecule has 0 saturated heterocycles. The van der Waals surface area contributed by atoms with Crippen molar-refractivity contribution in [1.82, 2.24) is 20.0 Å². The van der Waals surface area contributed by atoms with Crippen molar-refractivity contribution in [3.63, 3.8) is 0 Å². The van der Waals surface area contributed by atoms with E-state index in [-0.39, 0.29) is 6.04 Å². The van der Waals surface area contributed by atoms with Crippen molar-refractivity contribution >= 4 is 15.9 Å². The molecule has 96 valence electrons. The second-order valence-corrected chi connectivity index (χ2v) is 4.66. The van der Waals surface area contributed by atoms with Crippen molar-refractivity contribution in [2.24, 2.45) is 12.8 Å². The molecule has 0 aromatic carbocycles. The summed E-state index contributed by atoms with van der Waals surface area (Å²) in [5, 5.41) is 7.83. The number of rotatable bonds is 4. The van der Waals surface area contributed by atoms with E-state index >= 15 is 0 Å². The first-order chi connectivity index (χ1) is 8.61. The highest BCUT2D eigenvalue weighted by atomic mass is 79.9. The van der Waals surface area contributed by atoms with Gasteiger partial charge in [-0.3, -0.25) is 0 Å². The van der Waals surface area contributed by atoms with Crippen LogP contribution in [0.3, 0.4) is 0 Å². The molecule has 0 saturated carbocycles. The first kappa shape index (κ1) is 13.0. The number of nitrogens with zero attached hydrogens (tertiary/aromatic N) is 4. The quantitative estimate of drug-likeness (QED) is 0.918. The summed E-state index contributed by atoms with van der Waals surface area (Å²) in [7, 11) is 3.41. The second-order valence-electron chi connectivity index (χ2n) is 3.91. The fourth-order valence-electron chi connectivity index (χ4n) is 1.74. The Morgan fingerprint density at radius 1 is 1.50 bits per heavy atom. The van der Waals surface area contributed by atoms with E-state index in [9.17, 15) is 0 Å². The molecule has 0 spiro atoms. The molecule has 6 nitrogen and oxygen atoms in total. The molecule has 2 aromatic heterocycles. The lowest BCUT2D eigenvalue weighted by Crippen LogP contribution is -2.17. The lowest BCUT2D eigenvalue weighted by atomic mass is 10.1. The van der Waals surface area contributed by atoms with Gasteiger partial charge in [0, 0.05) is 19.3 Å². The van der Waals surface area contributed by atoms with Gasteiger partial charge in [0.1, 0.15) is 0 Å². The number of aryl methyl sites for hydroxylation is 1. The van der Waals surface area contributed by atoms with Crippen LogP contribution in [0.25, 0.3) is 0 Å². The number of halogens is 1. The van der Waals surface area contributed by atoms with Gasteiger partial charge in [0.15, 0.2) is 4.60 Å². The van der Waals surface area contributed by atoms with Crippen LogP contribution >= 0.6 is 15.9 Å². The maximum absolute atomic E-state index is 6.15. The number of methoxy groups -OCH3 is 1. The lowest BCUT2D eigenvalue weighted by molar-refractivity contribution is 0.397. The molecule has 2 heterocycles. The van der Waals surface area contributed by atoms with Crippen LogP contribution in [0.4, 0.5) is 0 Å². The first-order valence-corrected chi connectivity index (χ1v) is 6.20. The second kappa shape index (κ2) is 5.45. The fourth-order valence-corrected chi connectivity index (χ4v) is 2.36. The van der Waals surface area contributed by atoms with Crippen LogP contribution in [0.15, 0.2) is 22.9 Å². The molecule has 0 radical (unpaired) electrons. The summed E-state index contributed by atoms with van der Waals surface area (Å²) >= 11 is 3.34. The lowest BCUT2D eigenvalue weighted by Gasteiger charge is -2.12. The molecular formula is C11H14BrN5O. The van der Waals surface area contributed by atoms with Crippen LogP contribution in [-0.2, 0) is 13.5 Å². The van der Waals surface area contributed by atoms with Gasteiger partial charge in [-0.15, -0.1) is 5.10 Å². The molecule has 2 aromatic rings. The number of hydrogen-bond acceptors (Lipinski definition) is 5. The molecule has 0 bridgehead atoms. The highest BCUT2D eigenvalue weighted by Gasteiger charge is 2.16. The SMILES string of the molecule is COc1ccc(CC(N)c2c(Br)nnn2C)cn1. The Bertz CT molecular complexity index is 505. The summed E-state index contributed by atoms with van der Waals surface area (Å²) < 4.78 is 7.36. The Balaban J connectivity index is 2.13. The highest BCUT2D eigenvalue weighted by molar-refractivity contribution is 9.10. The fraction of sp³-hybridized carbons (Fsp3) is 0.364. The third kappa shape index (κ3) is 2.68. The van der Waals surface area contributed by atoms with Crippen LogP contribution in [0, 0.1) is 0 Å². The predicted molar refractivity (Wildman–Crippen MR) is 70.1 cm³/mol. The van der Waals surface area contributed by atoms with Gasteiger partial charge in [-0.25, -0.2) is 9.67 Å². The Morgan fingerprint density at radius 3 is 2.78 bits per heavy atom. The average Bonchev–Trinajstić information content (AvgIpc) is 2.70. The summed E-state index contributed by atoms with van der Waals surface area (Å²) in [5.41, 5.74) is 8.06. The minimum atomic E-state index is -0.186. The van der Waals surface area contributed by atoms with E-state index in [1.807, 2.05) is 19.2 Å². The Morgan fingerprint density at radius 2 is 2.28 bits per heavy atom. The molecule has 18 heavy (non-hydrogen) atoms. The zero-order chi connectivity index (χ0) is 13.1. The van der Waals surface area contributed by atoms with Crippen molar-refractivity contribution in [2.45, 2.75) is 12.5 Å². The van der Waals surface area contributed by atoms with Crippen LogP contribution in [0.2, 0.25) is 0 Å². The molecule has 0 aliphatic heterocycles. The van der Waals surface area contributed by atoms with Gasteiger partial charge in [0.05, 0.1) is 18.8 Å². The van der Waals surface area contributed by atoms with Crippen LogP contribution < -0.4 is 10.5 Å². The normalized spacial score (nSPS) is 12.4. The van der Waals surface area contributed by atoms with Crippen molar-refractivity contribution < 1.29 is 4.74 Å². The van der Waals surface area contributed by atoms with Crippen LogP contribution in [0.1, 0.15) is 17.3 Å². The summed E-state index contributed by atoms with van der Waals surface area (Å²) in [6, 6.07) is 3.58. The molecule has 7 heteroatoms. The number of ether oxygens (including phenoxy) is 1. The Kier molecular flexibility index (Phi) is 3.93. The zero-order valence-corrected chi connectivity index (χ0v) is 11.8. The van der Waals surface area contributed by atoms with Gasteiger partial charge in [0.25, 0.3) is 0 Å². The van der Waals surface area contributed by atoms with Gasteiger partial charge in [-0.1, -0.05) is 11.3 Å². The number of pyridine rings is 1. The average molecular weight is 312 g/mol.